The Labute approximate surface area is 207 Å². The van der Waals surface area contributed by atoms with Gasteiger partial charge in [0.2, 0.25) is 11.8 Å². The van der Waals surface area contributed by atoms with Crippen LogP contribution in [0.1, 0.15) is 49.7 Å². The number of rotatable bonds is 3. The van der Waals surface area contributed by atoms with E-state index < -0.39 is 29.2 Å². The van der Waals surface area contributed by atoms with Gasteiger partial charge >= 0.3 is 0 Å². The Hall–Kier alpha value is -2.19. The molecule has 34 heavy (non-hydrogen) atoms. The summed E-state index contributed by atoms with van der Waals surface area (Å²) in [5.74, 6) is -2.11. The van der Waals surface area contributed by atoms with Crippen molar-refractivity contribution in [3.05, 3.63) is 63.4 Å². The first-order valence-corrected chi connectivity index (χ1v) is 12.3. The first-order chi connectivity index (χ1) is 16.2. The summed E-state index contributed by atoms with van der Waals surface area (Å²) in [4.78, 5) is 27.2. The molecule has 2 heterocycles. The molecule has 0 bridgehead atoms. The van der Waals surface area contributed by atoms with E-state index in [0.717, 1.165) is 0 Å². The number of halogens is 3. The highest BCUT2D eigenvalue weighted by molar-refractivity contribution is 6.31. The Morgan fingerprint density at radius 3 is 2.65 bits per heavy atom. The normalized spacial score (nSPS) is 32.5. The highest BCUT2D eigenvalue weighted by Crippen LogP contribution is 2.55. The summed E-state index contributed by atoms with van der Waals surface area (Å²) in [5.41, 5.74) is 0.195. The lowest BCUT2D eigenvalue weighted by molar-refractivity contribution is -0.124. The van der Waals surface area contributed by atoms with E-state index >= 15 is 4.39 Å². The summed E-state index contributed by atoms with van der Waals surface area (Å²) >= 11 is 12.3. The predicted molar refractivity (Wildman–Crippen MR) is 129 cm³/mol. The monoisotopic (exact) mass is 505 g/mol. The number of carbonyl (C=O) groups excluding carboxylic acids is 2. The van der Waals surface area contributed by atoms with Crippen molar-refractivity contribution in [2.75, 3.05) is 5.32 Å². The Bertz CT molecular complexity index is 1150. The van der Waals surface area contributed by atoms with Gasteiger partial charge in [-0.15, -0.1) is 0 Å². The van der Waals surface area contributed by atoms with Crippen molar-refractivity contribution in [1.82, 2.24) is 10.6 Å². The van der Waals surface area contributed by atoms with Crippen LogP contribution in [0.25, 0.3) is 0 Å². The summed E-state index contributed by atoms with van der Waals surface area (Å²) < 4.78 is 15.5. The minimum atomic E-state index is -1.24. The molecule has 2 amide bonds. The number of hydrogen-bond acceptors (Lipinski definition) is 4. The minimum Gasteiger partial charge on any atom is -0.393 e. The summed E-state index contributed by atoms with van der Waals surface area (Å²) in [6.07, 6.45) is 2.22. The average molecular weight is 506 g/mol. The van der Waals surface area contributed by atoms with Gasteiger partial charge in [0.1, 0.15) is 11.2 Å². The number of amides is 2. The van der Waals surface area contributed by atoms with Crippen molar-refractivity contribution < 1.29 is 19.1 Å². The molecule has 180 valence electrons. The average Bonchev–Trinajstić information content (AvgIpc) is 3.26. The van der Waals surface area contributed by atoms with Gasteiger partial charge in [0.25, 0.3) is 0 Å². The molecule has 4 N–H and O–H groups in total. The fourth-order valence-electron chi connectivity index (χ4n) is 6.02. The third-order valence-electron chi connectivity index (χ3n) is 7.63. The van der Waals surface area contributed by atoms with Crippen LogP contribution in [0.3, 0.4) is 0 Å². The topological polar surface area (TPSA) is 90.5 Å². The van der Waals surface area contributed by atoms with Crippen molar-refractivity contribution >= 4 is 40.7 Å². The van der Waals surface area contributed by atoms with E-state index in [0.29, 0.717) is 42.0 Å². The minimum absolute atomic E-state index is 0.0673. The molecule has 9 heteroatoms. The van der Waals surface area contributed by atoms with E-state index in [9.17, 15) is 14.7 Å². The molecule has 1 saturated heterocycles. The van der Waals surface area contributed by atoms with E-state index in [4.69, 9.17) is 23.2 Å². The fourth-order valence-corrected chi connectivity index (χ4v) is 6.37. The molecule has 1 spiro atoms. The molecular weight excluding hydrogens is 480 g/mol. The second-order valence-electron chi connectivity index (χ2n) is 9.51. The van der Waals surface area contributed by atoms with Gasteiger partial charge in [0, 0.05) is 28.7 Å². The van der Waals surface area contributed by atoms with E-state index in [1.807, 2.05) is 6.92 Å². The van der Waals surface area contributed by atoms with Crippen molar-refractivity contribution in [3.8, 4) is 0 Å². The zero-order valence-electron chi connectivity index (χ0n) is 18.6. The number of benzene rings is 2. The lowest BCUT2D eigenvalue weighted by Crippen LogP contribution is -2.49. The molecule has 1 aliphatic carbocycles. The summed E-state index contributed by atoms with van der Waals surface area (Å²) in [6.45, 7) is 1.84. The summed E-state index contributed by atoms with van der Waals surface area (Å²) in [7, 11) is 0. The third kappa shape index (κ3) is 3.61. The van der Waals surface area contributed by atoms with Gasteiger partial charge in [-0.2, -0.15) is 0 Å². The van der Waals surface area contributed by atoms with Crippen LogP contribution in [-0.4, -0.2) is 41.2 Å². The largest absolute Gasteiger partial charge is 0.393 e. The summed E-state index contributed by atoms with van der Waals surface area (Å²) in [6, 6.07) is 8.36. The number of carbonyl (C=O) groups is 2. The van der Waals surface area contributed by atoms with Crippen molar-refractivity contribution in [2.45, 2.75) is 68.2 Å². The van der Waals surface area contributed by atoms with Gasteiger partial charge in [-0.05, 0) is 61.9 Å². The number of nitrogens with one attached hydrogen (secondary N) is 3. The Kier molecular flexibility index (Phi) is 6.09. The SMILES string of the molecule is CC1NC(C(=O)NC2CCC(O)CC2)C(c2cccc(Cl)c2F)C12C(=O)Nc1cc(Cl)ccc12. The molecule has 4 unspecified atom stereocenters. The summed E-state index contributed by atoms with van der Waals surface area (Å²) in [5, 5.41) is 19.5. The number of anilines is 1. The fraction of sp³-hybridized carbons (Fsp3) is 0.440. The molecule has 2 aromatic carbocycles. The van der Waals surface area contributed by atoms with Crippen LogP contribution >= 0.6 is 23.2 Å². The van der Waals surface area contributed by atoms with Crippen molar-refractivity contribution in [1.29, 1.82) is 0 Å². The molecule has 1 saturated carbocycles. The van der Waals surface area contributed by atoms with Crippen LogP contribution in [0.2, 0.25) is 10.0 Å². The molecule has 0 radical (unpaired) electrons. The first-order valence-electron chi connectivity index (χ1n) is 11.5. The van der Waals surface area contributed by atoms with Gasteiger partial charge in [-0.1, -0.05) is 41.4 Å². The van der Waals surface area contributed by atoms with E-state index in [-0.39, 0.29) is 34.5 Å². The molecule has 2 aromatic rings. The maximum absolute atomic E-state index is 15.5. The molecule has 2 aliphatic heterocycles. The van der Waals surface area contributed by atoms with Gasteiger partial charge in [0.05, 0.1) is 17.2 Å². The second-order valence-corrected chi connectivity index (χ2v) is 10.4. The van der Waals surface area contributed by atoms with Crippen molar-refractivity contribution in [2.24, 2.45) is 0 Å². The van der Waals surface area contributed by atoms with Crippen LogP contribution in [-0.2, 0) is 15.0 Å². The number of aliphatic hydroxyl groups is 1. The highest BCUT2D eigenvalue weighted by atomic mass is 35.5. The van der Waals surface area contributed by atoms with Crippen LogP contribution in [0.15, 0.2) is 36.4 Å². The molecule has 5 rings (SSSR count). The Morgan fingerprint density at radius 2 is 1.91 bits per heavy atom. The number of fused-ring (bicyclic) bond motifs is 2. The maximum Gasteiger partial charge on any atom is 0.238 e. The predicted octanol–water partition coefficient (Wildman–Crippen LogP) is 3.89. The zero-order valence-corrected chi connectivity index (χ0v) is 20.1. The Morgan fingerprint density at radius 1 is 1.18 bits per heavy atom. The van der Waals surface area contributed by atoms with Gasteiger partial charge < -0.3 is 21.1 Å². The maximum atomic E-state index is 15.5. The van der Waals surface area contributed by atoms with E-state index in [1.165, 1.54) is 6.07 Å². The third-order valence-corrected chi connectivity index (χ3v) is 8.16. The van der Waals surface area contributed by atoms with Crippen molar-refractivity contribution in [3.63, 3.8) is 0 Å². The molecule has 0 aromatic heterocycles. The molecule has 6 nitrogen and oxygen atoms in total. The molecular formula is C25H26Cl2FN3O3. The highest BCUT2D eigenvalue weighted by Gasteiger charge is 2.64. The second kappa shape index (κ2) is 8.79. The first kappa shape index (κ1) is 23.5. The molecule has 3 aliphatic rings. The Balaban J connectivity index is 1.61. The number of aliphatic hydroxyl groups excluding tert-OH is 1. The quantitative estimate of drug-likeness (QED) is 0.509. The van der Waals surface area contributed by atoms with E-state index in [1.54, 1.807) is 30.3 Å². The number of hydrogen-bond donors (Lipinski definition) is 4. The lowest BCUT2D eigenvalue weighted by Gasteiger charge is -2.34. The zero-order chi connectivity index (χ0) is 24.2. The van der Waals surface area contributed by atoms with Crippen LogP contribution < -0.4 is 16.0 Å². The molecule has 2 fully saturated rings. The standard InChI is InChI=1S/C25H26Cl2FN3O3/c1-12-25(17-10-5-13(26)11-19(17)31-24(25)34)20(16-3-2-4-18(27)21(16)28)22(29-12)23(33)30-14-6-8-15(32)9-7-14/h2-5,10-12,14-15,20,22,29,32H,6-9H2,1H3,(H,30,33)(H,31,34). The van der Waals surface area contributed by atoms with Crippen LogP contribution in [0.4, 0.5) is 10.1 Å². The van der Waals surface area contributed by atoms with Gasteiger partial charge in [-0.3, -0.25) is 9.59 Å². The van der Waals surface area contributed by atoms with E-state index in [2.05, 4.69) is 16.0 Å². The van der Waals surface area contributed by atoms with Crippen LogP contribution in [0, 0.1) is 5.82 Å². The van der Waals surface area contributed by atoms with Gasteiger partial charge in [0.15, 0.2) is 0 Å². The molecule has 4 atom stereocenters. The van der Waals surface area contributed by atoms with Crippen LogP contribution in [0.5, 0.6) is 0 Å². The van der Waals surface area contributed by atoms with Gasteiger partial charge in [-0.25, -0.2) is 4.39 Å². The lowest BCUT2D eigenvalue weighted by atomic mass is 9.65. The smallest absolute Gasteiger partial charge is 0.238 e.